The molecular weight excluding hydrogens is 601 g/mol. The number of pyridine rings is 1. The van der Waals surface area contributed by atoms with Crippen molar-refractivity contribution in [3.8, 4) is 22.4 Å². The molecule has 0 spiro atoms. The molecule has 1 aromatic heterocycles. The third kappa shape index (κ3) is 4.57. The minimum Gasteiger partial charge on any atom is -0.309 e. The molecule has 0 unspecified atom stereocenters. The molecule has 9 rings (SSSR count). The first-order valence-corrected chi connectivity index (χ1v) is 17.9. The van der Waals surface area contributed by atoms with E-state index in [4.69, 9.17) is 4.98 Å². The number of para-hydroxylation sites is 1. The molecule has 0 aliphatic rings. The van der Waals surface area contributed by atoms with Gasteiger partial charge in [0.2, 0.25) is 0 Å². The van der Waals surface area contributed by atoms with Crippen LogP contribution in [-0.4, -0.2) is 4.98 Å². The van der Waals surface area contributed by atoms with Crippen molar-refractivity contribution in [2.24, 2.45) is 0 Å². The van der Waals surface area contributed by atoms with Crippen LogP contribution in [0.4, 0.5) is 0 Å². The van der Waals surface area contributed by atoms with Gasteiger partial charge in [-0.05, 0) is 33.2 Å². The molecular formula is C45H30NOP. The molecule has 0 aliphatic carbocycles. The number of benzene rings is 8. The normalized spacial score (nSPS) is 11.8. The zero-order valence-electron chi connectivity index (χ0n) is 26.1. The Labute approximate surface area is 279 Å². The molecule has 0 N–H and O–H groups in total. The van der Waals surface area contributed by atoms with Crippen LogP contribution in [0.15, 0.2) is 182 Å². The van der Waals surface area contributed by atoms with E-state index in [1.807, 2.05) is 72.8 Å². The van der Waals surface area contributed by atoms with Crippen LogP contribution in [0.2, 0.25) is 0 Å². The highest BCUT2D eigenvalue weighted by Crippen LogP contribution is 2.44. The number of hydrogen-bond donors (Lipinski definition) is 0. The maximum Gasteiger partial charge on any atom is 0.171 e. The fourth-order valence-electron chi connectivity index (χ4n) is 7.16. The largest absolute Gasteiger partial charge is 0.309 e. The predicted octanol–water partition coefficient (Wildman–Crippen LogP) is 10.7. The number of rotatable bonds is 5. The van der Waals surface area contributed by atoms with Crippen LogP contribution >= 0.6 is 7.14 Å². The van der Waals surface area contributed by atoms with Gasteiger partial charge in [0.05, 0.1) is 11.2 Å². The lowest BCUT2D eigenvalue weighted by Crippen LogP contribution is -2.24. The van der Waals surface area contributed by atoms with E-state index in [-0.39, 0.29) is 0 Å². The van der Waals surface area contributed by atoms with Gasteiger partial charge in [-0.2, -0.15) is 0 Å². The van der Waals surface area contributed by atoms with E-state index in [0.29, 0.717) is 0 Å². The molecule has 1 heterocycles. The van der Waals surface area contributed by atoms with Gasteiger partial charge in [0.15, 0.2) is 7.14 Å². The molecule has 0 saturated carbocycles. The van der Waals surface area contributed by atoms with Crippen molar-refractivity contribution in [3.05, 3.63) is 182 Å². The van der Waals surface area contributed by atoms with Crippen molar-refractivity contribution in [2.75, 3.05) is 0 Å². The maximum atomic E-state index is 15.0. The second-order valence-corrected chi connectivity index (χ2v) is 15.0. The summed E-state index contributed by atoms with van der Waals surface area (Å²) >= 11 is 0. The monoisotopic (exact) mass is 631 g/mol. The van der Waals surface area contributed by atoms with E-state index in [1.54, 1.807) is 0 Å². The number of hydrogen-bond acceptors (Lipinski definition) is 2. The third-order valence-electron chi connectivity index (χ3n) is 9.52. The van der Waals surface area contributed by atoms with E-state index in [0.717, 1.165) is 54.6 Å². The summed E-state index contributed by atoms with van der Waals surface area (Å²) in [7, 11) is -3.08. The van der Waals surface area contributed by atoms with Crippen LogP contribution in [-0.2, 0) is 4.57 Å². The van der Waals surface area contributed by atoms with Crippen LogP contribution in [0, 0.1) is 0 Å². The minimum absolute atomic E-state index is 0.810. The fraction of sp³-hybridized carbons (Fsp3) is 0. The first-order chi connectivity index (χ1) is 23.7. The number of fused-ring (bicyclic) bond motifs is 6. The van der Waals surface area contributed by atoms with Crippen LogP contribution in [0.25, 0.3) is 65.6 Å². The molecule has 0 bridgehead atoms. The molecule has 9 aromatic rings. The summed E-state index contributed by atoms with van der Waals surface area (Å²) < 4.78 is 15.0. The topological polar surface area (TPSA) is 30.0 Å². The highest BCUT2D eigenvalue weighted by molar-refractivity contribution is 7.85. The van der Waals surface area contributed by atoms with Gasteiger partial charge in [-0.15, -0.1) is 0 Å². The van der Waals surface area contributed by atoms with Crippen LogP contribution in [0.5, 0.6) is 0 Å². The molecule has 0 amide bonds. The number of aromatic nitrogens is 1. The molecule has 2 nitrogen and oxygen atoms in total. The summed E-state index contributed by atoms with van der Waals surface area (Å²) in [5.74, 6) is 0. The Bertz CT molecular complexity index is 2640. The predicted molar refractivity (Wildman–Crippen MR) is 205 cm³/mol. The van der Waals surface area contributed by atoms with Gasteiger partial charge >= 0.3 is 0 Å². The summed E-state index contributed by atoms with van der Waals surface area (Å²) in [6.45, 7) is 0. The standard InChI is InChI=1S/C45H30NOP/c47-48(36-15-3-1-4-16-36,37-17-5-2-6-18-37)38-27-24-33(25-28-38)40-20-11-21-41-43-39-19-10-9-13-32(39)26-29-42(43)44(46-45(40)41)35-23-22-31-12-7-8-14-34(31)30-35/h1-30H. The Hall–Kier alpha value is -5.82. The van der Waals surface area contributed by atoms with E-state index >= 15 is 4.57 Å². The molecule has 3 heteroatoms. The molecule has 226 valence electrons. The van der Waals surface area contributed by atoms with Crippen molar-refractivity contribution < 1.29 is 4.57 Å². The SMILES string of the molecule is O=P(c1ccccc1)(c1ccccc1)c1ccc(-c2cccc3c2nc(-c2ccc4ccccc4c2)c2ccc4ccccc4c23)cc1. The van der Waals surface area contributed by atoms with Crippen LogP contribution < -0.4 is 15.9 Å². The van der Waals surface area contributed by atoms with E-state index in [9.17, 15) is 0 Å². The third-order valence-corrected chi connectivity index (χ3v) is 12.6. The first-order valence-electron chi connectivity index (χ1n) is 16.2. The quantitative estimate of drug-likeness (QED) is 0.140. The first kappa shape index (κ1) is 28.4. The molecule has 0 aliphatic heterocycles. The molecule has 0 saturated heterocycles. The number of nitrogens with zero attached hydrogens (tertiary/aromatic N) is 1. The smallest absolute Gasteiger partial charge is 0.171 e. The van der Waals surface area contributed by atoms with Gasteiger partial charge in [0.1, 0.15) is 0 Å². The molecule has 48 heavy (non-hydrogen) atoms. The van der Waals surface area contributed by atoms with Crippen molar-refractivity contribution in [2.45, 2.75) is 0 Å². The average molecular weight is 632 g/mol. The lowest BCUT2D eigenvalue weighted by Gasteiger charge is -2.20. The second-order valence-electron chi connectivity index (χ2n) is 12.3. The van der Waals surface area contributed by atoms with Crippen LogP contribution in [0.1, 0.15) is 0 Å². The van der Waals surface area contributed by atoms with Gasteiger partial charge in [-0.3, -0.25) is 0 Å². The zero-order valence-corrected chi connectivity index (χ0v) is 27.0. The summed E-state index contributed by atoms with van der Waals surface area (Å²) in [5, 5.41) is 10.7. The summed E-state index contributed by atoms with van der Waals surface area (Å²) in [6, 6.07) is 62.5. The Balaban J connectivity index is 1.28. The van der Waals surface area contributed by atoms with Gasteiger partial charge in [0.25, 0.3) is 0 Å². The van der Waals surface area contributed by atoms with Crippen LogP contribution in [0.3, 0.4) is 0 Å². The highest BCUT2D eigenvalue weighted by atomic mass is 31.2. The van der Waals surface area contributed by atoms with Gasteiger partial charge in [-0.1, -0.05) is 176 Å². The maximum absolute atomic E-state index is 15.0. The average Bonchev–Trinajstić information content (AvgIpc) is 3.17. The molecule has 8 aromatic carbocycles. The Kier molecular flexibility index (Phi) is 6.78. The summed E-state index contributed by atoms with van der Waals surface area (Å²) in [6.07, 6.45) is 0. The van der Waals surface area contributed by atoms with Crippen molar-refractivity contribution in [1.29, 1.82) is 0 Å². The second kappa shape index (κ2) is 11.5. The lowest BCUT2D eigenvalue weighted by molar-refractivity contribution is 0.592. The Morgan fingerprint density at radius 2 is 0.958 bits per heavy atom. The van der Waals surface area contributed by atoms with Crippen molar-refractivity contribution in [3.63, 3.8) is 0 Å². The summed E-state index contributed by atoms with van der Waals surface area (Å²) in [5.41, 5.74) is 5.09. The fourth-order valence-corrected chi connectivity index (χ4v) is 9.81. The molecule has 0 fully saturated rings. The molecule has 0 radical (unpaired) electrons. The molecule has 0 atom stereocenters. The lowest BCUT2D eigenvalue weighted by atomic mass is 9.92. The van der Waals surface area contributed by atoms with E-state index in [2.05, 4.69) is 109 Å². The zero-order chi connectivity index (χ0) is 32.1. The highest BCUT2D eigenvalue weighted by Gasteiger charge is 2.29. The van der Waals surface area contributed by atoms with Crippen molar-refractivity contribution in [1.82, 2.24) is 4.98 Å². The van der Waals surface area contributed by atoms with Gasteiger partial charge < -0.3 is 4.57 Å². The minimum atomic E-state index is -3.08. The van der Waals surface area contributed by atoms with Gasteiger partial charge in [-0.25, -0.2) is 4.98 Å². The summed E-state index contributed by atoms with van der Waals surface area (Å²) in [4.78, 5) is 5.48. The Morgan fingerprint density at radius 1 is 0.396 bits per heavy atom. The van der Waals surface area contributed by atoms with E-state index < -0.39 is 7.14 Å². The Morgan fingerprint density at radius 3 is 1.69 bits per heavy atom. The van der Waals surface area contributed by atoms with Crippen molar-refractivity contribution >= 4 is 66.3 Å². The van der Waals surface area contributed by atoms with Gasteiger partial charge in [0, 0.05) is 43.2 Å². The van der Waals surface area contributed by atoms with E-state index in [1.165, 1.54) is 26.9 Å².